The summed E-state index contributed by atoms with van der Waals surface area (Å²) in [5.41, 5.74) is -1.39. The Balaban J connectivity index is 4.18. The molecule has 0 saturated carbocycles. The second-order valence-corrected chi connectivity index (χ2v) is 4.33. The van der Waals surface area contributed by atoms with Crippen molar-refractivity contribution in [3.8, 4) is 0 Å². The minimum atomic E-state index is -1.39. The van der Waals surface area contributed by atoms with E-state index in [9.17, 15) is 15.3 Å². The van der Waals surface area contributed by atoms with E-state index in [-0.39, 0.29) is 0 Å². The fourth-order valence-corrected chi connectivity index (χ4v) is 2.32. The van der Waals surface area contributed by atoms with Crippen LogP contribution in [-0.4, -0.2) is 42.0 Å². The second-order valence-electron chi connectivity index (χ2n) is 2.57. The van der Waals surface area contributed by atoms with Crippen molar-refractivity contribution in [2.75, 3.05) is 8.86 Å². The van der Waals surface area contributed by atoms with E-state index >= 15 is 0 Å². The zero-order chi connectivity index (χ0) is 9.07. The quantitative estimate of drug-likeness (QED) is 0.483. The average molecular weight is 386 g/mol. The highest BCUT2D eigenvalue weighted by atomic mass is 127. The van der Waals surface area contributed by atoms with Crippen LogP contribution in [-0.2, 0) is 0 Å². The van der Waals surface area contributed by atoms with Gasteiger partial charge in [-0.05, 0) is 6.92 Å². The van der Waals surface area contributed by atoms with Gasteiger partial charge in [0, 0.05) is 8.86 Å². The van der Waals surface area contributed by atoms with Gasteiger partial charge in [-0.3, -0.25) is 0 Å². The number of aliphatic hydroxyl groups is 3. The lowest BCUT2D eigenvalue weighted by Gasteiger charge is -2.31. The molecule has 1 unspecified atom stereocenters. The van der Waals surface area contributed by atoms with Crippen molar-refractivity contribution in [2.24, 2.45) is 0 Å². The first-order valence-electron chi connectivity index (χ1n) is 3.17. The van der Waals surface area contributed by atoms with Crippen molar-refractivity contribution in [2.45, 2.75) is 24.7 Å². The standard InChI is InChI=1S/C6H12I2O3/c1-6(11,4(9)2-7)5(10)3-8/h4-5,9-11H,2-3H2,1H3/t4-,5+,6?. The average Bonchev–Trinajstić information content (AvgIpc) is 2.01. The van der Waals surface area contributed by atoms with Gasteiger partial charge in [-0.15, -0.1) is 0 Å². The fourth-order valence-electron chi connectivity index (χ4n) is 0.534. The number of alkyl halides is 2. The van der Waals surface area contributed by atoms with Crippen LogP contribution in [0.25, 0.3) is 0 Å². The van der Waals surface area contributed by atoms with Gasteiger partial charge < -0.3 is 15.3 Å². The van der Waals surface area contributed by atoms with Gasteiger partial charge in [0.05, 0.1) is 12.2 Å². The highest BCUT2D eigenvalue weighted by Crippen LogP contribution is 2.18. The van der Waals surface area contributed by atoms with Crippen LogP contribution in [0.3, 0.4) is 0 Å². The minimum absolute atomic E-state index is 0.415. The van der Waals surface area contributed by atoms with Gasteiger partial charge >= 0.3 is 0 Å². The third-order valence-electron chi connectivity index (χ3n) is 1.64. The van der Waals surface area contributed by atoms with Gasteiger partial charge in [0.25, 0.3) is 0 Å². The molecule has 0 heterocycles. The molecule has 0 spiro atoms. The Morgan fingerprint density at radius 1 is 1.18 bits per heavy atom. The molecule has 0 aromatic rings. The second kappa shape index (κ2) is 5.15. The van der Waals surface area contributed by atoms with Crippen molar-refractivity contribution < 1.29 is 15.3 Å². The topological polar surface area (TPSA) is 60.7 Å². The van der Waals surface area contributed by atoms with Crippen LogP contribution in [0, 0.1) is 0 Å². The molecule has 0 aliphatic heterocycles. The maximum Gasteiger partial charge on any atom is 0.115 e. The van der Waals surface area contributed by atoms with Crippen LogP contribution in [0.15, 0.2) is 0 Å². The Labute approximate surface area is 93.5 Å². The molecule has 0 bridgehead atoms. The van der Waals surface area contributed by atoms with Crippen LogP contribution < -0.4 is 0 Å². The maximum atomic E-state index is 9.54. The Morgan fingerprint density at radius 2 is 1.45 bits per heavy atom. The summed E-state index contributed by atoms with van der Waals surface area (Å²) in [4.78, 5) is 0. The van der Waals surface area contributed by atoms with E-state index in [1.165, 1.54) is 6.92 Å². The lowest BCUT2D eigenvalue weighted by molar-refractivity contribution is -0.116. The molecule has 0 aromatic heterocycles. The molecule has 0 aliphatic rings. The summed E-state index contributed by atoms with van der Waals surface area (Å²) < 4.78 is 0.830. The summed E-state index contributed by atoms with van der Waals surface area (Å²) in [7, 11) is 0. The lowest BCUT2D eigenvalue weighted by atomic mass is 9.95. The number of rotatable bonds is 4. The number of hydrogen-bond donors (Lipinski definition) is 3. The van der Waals surface area contributed by atoms with Crippen molar-refractivity contribution in [3.05, 3.63) is 0 Å². The van der Waals surface area contributed by atoms with Crippen LogP contribution in [0.1, 0.15) is 6.92 Å². The van der Waals surface area contributed by atoms with Gasteiger partial charge in [-0.25, -0.2) is 0 Å². The highest BCUT2D eigenvalue weighted by molar-refractivity contribution is 14.1. The molecule has 3 nitrogen and oxygen atoms in total. The molecule has 0 aromatic carbocycles. The van der Waals surface area contributed by atoms with Crippen molar-refractivity contribution in [1.29, 1.82) is 0 Å². The molecule has 0 rings (SSSR count). The lowest BCUT2D eigenvalue weighted by Crippen LogP contribution is -2.51. The Morgan fingerprint density at radius 3 is 1.64 bits per heavy atom. The molecule has 0 radical (unpaired) electrons. The first-order valence-corrected chi connectivity index (χ1v) is 6.22. The monoisotopic (exact) mass is 386 g/mol. The number of halogens is 2. The fraction of sp³-hybridized carbons (Fsp3) is 1.00. The van der Waals surface area contributed by atoms with E-state index in [2.05, 4.69) is 0 Å². The molecule has 0 saturated heterocycles. The van der Waals surface area contributed by atoms with Gasteiger partial charge in [0.15, 0.2) is 0 Å². The van der Waals surface area contributed by atoms with Gasteiger partial charge in [0.2, 0.25) is 0 Å². The summed E-state index contributed by atoms with van der Waals surface area (Å²) in [5, 5.41) is 28.1. The highest BCUT2D eigenvalue weighted by Gasteiger charge is 2.36. The van der Waals surface area contributed by atoms with Crippen LogP contribution in [0.5, 0.6) is 0 Å². The third kappa shape index (κ3) is 3.29. The molecular weight excluding hydrogens is 374 g/mol. The predicted molar refractivity (Wildman–Crippen MR) is 60.4 cm³/mol. The Hall–Kier alpha value is 1.34. The third-order valence-corrected chi connectivity index (χ3v) is 3.31. The molecule has 5 heteroatoms. The molecule has 3 atom stereocenters. The molecule has 0 amide bonds. The summed E-state index contributed by atoms with van der Waals surface area (Å²) in [6.45, 7) is 1.44. The van der Waals surface area contributed by atoms with E-state index in [1.54, 1.807) is 0 Å². The van der Waals surface area contributed by atoms with Crippen molar-refractivity contribution in [1.82, 2.24) is 0 Å². The number of hydrogen-bond acceptors (Lipinski definition) is 3. The summed E-state index contributed by atoms with van der Waals surface area (Å²) in [6.07, 6.45) is -1.74. The van der Waals surface area contributed by atoms with E-state index < -0.39 is 17.8 Å². The Kier molecular flexibility index (Phi) is 5.78. The molecule has 0 aliphatic carbocycles. The van der Waals surface area contributed by atoms with E-state index in [1.807, 2.05) is 45.2 Å². The number of aliphatic hydroxyl groups excluding tert-OH is 2. The SMILES string of the molecule is CC(O)([C@H](O)CI)[C@@H](O)CI. The molecular formula is C6H12I2O3. The van der Waals surface area contributed by atoms with E-state index in [4.69, 9.17) is 0 Å². The zero-order valence-electron chi connectivity index (χ0n) is 6.17. The summed E-state index contributed by atoms with van der Waals surface area (Å²) in [5.74, 6) is 0. The van der Waals surface area contributed by atoms with Crippen LogP contribution in [0.2, 0.25) is 0 Å². The van der Waals surface area contributed by atoms with Gasteiger partial charge in [-0.1, -0.05) is 45.2 Å². The summed E-state index contributed by atoms with van der Waals surface area (Å²) in [6, 6.07) is 0. The van der Waals surface area contributed by atoms with Crippen molar-refractivity contribution in [3.63, 3.8) is 0 Å². The predicted octanol–water partition coefficient (Wildman–Crippen LogP) is 0.329. The van der Waals surface area contributed by atoms with Gasteiger partial charge in [-0.2, -0.15) is 0 Å². The molecule has 3 N–H and O–H groups in total. The molecule has 11 heavy (non-hydrogen) atoms. The maximum absolute atomic E-state index is 9.54. The van der Waals surface area contributed by atoms with Crippen LogP contribution in [0.4, 0.5) is 0 Å². The van der Waals surface area contributed by atoms with E-state index in [0.717, 1.165) is 0 Å². The smallest absolute Gasteiger partial charge is 0.115 e. The Bertz CT molecular complexity index is 106. The minimum Gasteiger partial charge on any atom is -0.389 e. The molecule has 68 valence electrons. The molecule has 0 fully saturated rings. The van der Waals surface area contributed by atoms with Gasteiger partial charge in [0.1, 0.15) is 5.60 Å². The van der Waals surface area contributed by atoms with Crippen LogP contribution >= 0.6 is 45.2 Å². The first-order chi connectivity index (χ1) is 4.96. The summed E-state index contributed by atoms with van der Waals surface area (Å²) >= 11 is 3.93. The van der Waals surface area contributed by atoms with E-state index in [0.29, 0.717) is 8.86 Å². The van der Waals surface area contributed by atoms with Crippen molar-refractivity contribution >= 4 is 45.2 Å². The zero-order valence-corrected chi connectivity index (χ0v) is 10.5. The largest absolute Gasteiger partial charge is 0.389 e. The first kappa shape index (κ1) is 12.3. The normalized spacial score (nSPS) is 22.4.